The largest absolute Gasteiger partial charge is 0.490 e. The summed E-state index contributed by atoms with van der Waals surface area (Å²) in [6, 6.07) is 20.8. The number of morpholine rings is 1. The zero-order valence-corrected chi connectivity index (χ0v) is 27.5. The highest BCUT2D eigenvalue weighted by Crippen LogP contribution is 2.32. The van der Waals surface area contributed by atoms with Crippen LogP contribution in [0.25, 0.3) is 6.08 Å². The van der Waals surface area contributed by atoms with Crippen molar-refractivity contribution in [1.29, 1.82) is 0 Å². The number of halogens is 1. The highest BCUT2D eigenvalue weighted by atomic mass is 35.5. The summed E-state index contributed by atoms with van der Waals surface area (Å²) in [6.07, 6.45) is 1.76. The summed E-state index contributed by atoms with van der Waals surface area (Å²) in [5.74, 6) is 0.414. The molecule has 4 aromatic rings. The van der Waals surface area contributed by atoms with E-state index >= 15 is 0 Å². The molecule has 1 fully saturated rings. The lowest BCUT2D eigenvalue weighted by Crippen LogP contribution is -2.43. The number of rotatable bonds is 9. The van der Waals surface area contributed by atoms with Crippen LogP contribution >= 0.6 is 22.9 Å². The van der Waals surface area contributed by atoms with Gasteiger partial charge in [0.2, 0.25) is 0 Å². The average Bonchev–Trinajstić information content (AvgIpc) is 3.38. The van der Waals surface area contributed by atoms with Gasteiger partial charge < -0.3 is 24.4 Å². The first-order valence-electron chi connectivity index (χ1n) is 15.2. The van der Waals surface area contributed by atoms with Gasteiger partial charge in [0.25, 0.3) is 17.4 Å². The van der Waals surface area contributed by atoms with E-state index in [9.17, 15) is 14.4 Å². The molecule has 12 heteroatoms. The van der Waals surface area contributed by atoms with Crippen molar-refractivity contribution in [1.82, 2.24) is 9.47 Å². The van der Waals surface area contributed by atoms with E-state index in [4.69, 9.17) is 30.8 Å². The summed E-state index contributed by atoms with van der Waals surface area (Å²) in [4.78, 5) is 47.4. The maximum absolute atomic E-state index is 14.1. The number of anilines is 1. The van der Waals surface area contributed by atoms with Crippen molar-refractivity contribution in [3.63, 3.8) is 0 Å². The number of carbonyl (C=O) groups excluding carboxylic acids is 2. The fourth-order valence-corrected chi connectivity index (χ4v) is 6.66. The van der Waals surface area contributed by atoms with Gasteiger partial charge in [-0.25, -0.2) is 4.99 Å². The summed E-state index contributed by atoms with van der Waals surface area (Å²) in [5.41, 5.74) is 2.64. The number of thiazole rings is 1. The van der Waals surface area contributed by atoms with Gasteiger partial charge in [-0.15, -0.1) is 0 Å². The zero-order chi connectivity index (χ0) is 32.9. The molecule has 1 atom stereocenters. The van der Waals surface area contributed by atoms with E-state index < -0.39 is 6.04 Å². The molecule has 0 radical (unpaired) electrons. The molecule has 2 amide bonds. The summed E-state index contributed by atoms with van der Waals surface area (Å²) in [5, 5.41) is 3.49. The average molecular weight is 673 g/mol. The van der Waals surface area contributed by atoms with E-state index in [1.807, 2.05) is 37.3 Å². The van der Waals surface area contributed by atoms with Crippen molar-refractivity contribution in [3.05, 3.63) is 120 Å². The van der Waals surface area contributed by atoms with E-state index in [0.717, 1.165) is 5.56 Å². The van der Waals surface area contributed by atoms with Gasteiger partial charge in [0.1, 0.15) is 0 Å². The fraction of sp³-hybridized carbons (Fsp3) is 0.257. The SMILES string of the molecule is CCOc1cc(/C=c2/sc3n(c2=O)[C@@H](c2ccc(Cl)cc2)C(C(=O)Nc2ccccc2)=C(C)N=3)ccc1OCC(=O)N1CCOCC1. The molecule has 6 rings (SSSR count). The van der Waals surface area contributed by atoms with Crippen LogP contribution in [0.1, 0.15) is 31.0 Å². The topological polar surface area (TPSA) is 111 Å². The normalized spacial score (nSPS) is 16.4. The predicted molar refractivity (Wildman–Crippen MR) is 181 cm³/mol. The molecule has 1 N–H and O–H groups in total. The third kappa shape index (κ3) is 7.17. The molecule has 242 valence electrons. The first-order chi connectivity index (χ1) is 22.8. The number of nitrogens with one attached hydrogen (secondary N) is 1. The summed E-state index contributed by atoms with van der Waals surface area (Å²) >= 11 is 7.44. The summed E-state index contributed by atoms with van der Waals surface area (Å²) in [7, 11) is 0. The Balaban J connectivity index is 1.34. The second-order valence-electron chi connectivity index (χ2n) is 10.9. The number of fused-ring (bicyclic) bond motifs is 1. The number of nitrogens with zero attached hydrogens (tertiary/aromatic N) is 3. The van der Waals surface area contributed by atoms with E-state index in [2.05, 4.69) is 5.32 Å². The molecule has 1 aromatic heterocycles. The Hall–Kier alpha value is -4.71. The van der Waals surface area contributed by atoms with E-state index in [-0.39, 0.29) is 24.0 Å². The van der Waals surface area contributed by atoms with Gasteiger partial charge in [-0.3, -0.25) is 19.0 Å². The van der Waals surface area contributed by atoms with Crippen LogP contribution < -0.4 is 29.7 Å². The van der Waals surface area contributed by atoms with Crippen LogP contribution in [-0.2, 0) is 14.3 Å². The fourth-order valence-electron chi connectivity index (χ4n) is 5.49. The third-order valence-electron chi connectivity index (χ3n) is 7.76. The molecule has 2 aliphatic rings. The lowest BCUT2D eigenvalue weighted by molar-refractivity contribution is -0.137. The molecule has 2 aliphatic heterocycles. The first-order valence-corrected chi connectivity index (χ1v) is 16.4. The smallest absolute Gasteiger partial charge is 0.271 e. The maximum atomic E-state index is 14.1. The summed E-state index contributed by atoms with van der Waals surface area (Å²) in [6.45, 7) is 5.99. The van der Waals surface area contributed by atoms with Gasteiger partial charge in [0.15, 0.2) is 22.9 Å². The first kappa shape index (κ1) is 32.2. The van der Waals surface area contributed by atoms with Crippen molar-refractivity contribution in [2.45, 2.75) is 19.9 Å². The van der Waals surface area contributed by atoms with Gasteiger partial charge in [0, 0.05) is 23.8 Å². The standard InChI is InChI=1S/C35H33ClN4O6S/c1-3-45-28-19-23(9-14-27(28)46-21-30(41)39-15-17-44-18-16-39)20-29-34(43)40-32(24-10-12-25(36)13-11-24)31(22(2)37-35(40)47-29)33(42)38-26-7-5-4-6-8-26/h4-14,19-20,32H,3,15-18,21H2,1-2H3,(H,38,42)/b29-20+/t32-/m0/s1. The van der Waals surface area contributed by atoms with Crippen molar-refractivity contribution in [3.8, 4) is 11.5 Å². The molecule has 0 unspecified atom stereocenters. The van der Waals surface area contributed by atoms with Crippen LogP contribution in [0.3, 0.4) is 0 Å². The Morgan fingerprint density at radius 2 is 1.79 bits per heavy atom. The highest BCUT2D eigenvalue weighted by Gasteiger charge is 2.32. The molecule has 10 nitrogen and oxygen atoms in total. The van der Waals surface area contributed by atoms with Gasteiger partial charge >= 0.3 is 0 Å². The lowest BCUT2D eigenvalue weighted by Gasteiger charge is -2.26. The minimum atomic E-state index is -0.729. The number of benzene rings is 3. The second-order valence-corrected chi connectivity index (χ2v) is 12.3. The van der Waals surface area contributed by atoms with E-state index in [0.29, 0.717) is 81.3 Å². The molecule has 0 spiro atoms. The van der Waals surface area contributed by atoms with Gasteiger partial charge in [0.05, 0.1) is 41.7 Å². The Morgan fingerprint density at radius 3 is 2.51 bits per heavy atom. The second kappa shape index (κ2) is 14.4. The Labute approximate surface area is 280 Å². The number of para-hydroxylation sites is 1. The Kier molecular flexibility index (Phi) is 9.86. The van der Waals surface area contributed by atoms with E-state index in [1.165, 1.54) is 11.3 Å². The Bertz CT molecular complexity index is 2000. The van der Waals surface area contributed by atoms with Crippen molar-refractivity contribution >= 4 is 46.5 Å². The van der Waals surface area contributed by atoms with Crippen LogP contribution in [0.5, 0.6) is 11.5 Å². The zero-order valence-electron chi connectivity index (χ0n) is 25.9. The molecule has 0 bridgehead atoms. The molecule has 3 aromatic carbocycles. The van der Waals surface area contributed by atoms with Crippen LogP contribution in [0.15, 0.2) is 93.9 Å². The molecule has 47 heavy (non-hydrogen) atoms. The van der Waals surface area contributed by atoms with Gasteiger partial charge in [-0.05, 0) is 67.4 Å². The minimum Gasteiger partial charge on any atom is -0.490 e. The molecule has 0 saturated carbocycles. The van der Waals surface area contributed by atoms with Crippen LogP contribution in [-0.4, -0.2) is 60.8 Å². The molecular formula is C35H33ClN4O6S. The number of hydrogen-bond acceptors (Lipinski definition) is 8. The summed E-state index contributed by atoms with van der Waals surface area (Å²) < 4.78 is 19.0. The van der Waals surface area contributed by atoms with Crippen LogP contribution in [0.4, 0.5) is 5.69 Å². The molecule has 0 aliphatic carbocycles. The molecular weight excluding hydrogens is 640 g/mol. The Morgan fingerprint density at radius 1 is 1.04 bits per heavy atom. The molecule has 1 saturated heterocycles. The number of carbonyl (C=O) groups is 2. The quantitative estimate of drug-likeness (QED) is 0.286. The van der Waals surface area contributed by atoms with Crippen LogP contribution in [0, 0.1) is 0 Å². The van der Waals surface area contributed by atoms with Gasteiger partial charge in [-0.2, -0.15) is 0 Å². The minimum absolute atomic E-state index is 0.122. The number of aromatic nitrogens is 1. The number of allylic oxidation sites excluding steroid dienone is 1. The number of amides is 2. The monoisotopic (exact) mass is 672 g/mol. The van der Waals surface area contributed by atoms with E-state index in [1.54, 1.807) is 64.9 Å². The van der Waals surface area contributed by atoms with Gasteiger partial charge in [-0.1, -0.05) is 59.3 Å². The number of ether oxygens (including phenoxy) is 3. The third-order valence-corrected chi connectivity index (χ3v) is 9.00. The van der Waals surface area contributed by atoms with Crippen LogP contribution in [0.2, 0.25) is 5.02 Å². The number of hydrogen-bond donors (Lipinski definition) is 1. The van der Waals surface area contributed by atoms with Crippen molar-refractivity contribution in [2.24, 2.45) is 4.99 Å². The van der Waals surface area contributed by atoms with Crippen molar-refractivity contribution in [2.75, 3.05) is 44.8 Å². The maximum Gasteiger partial charge on any atom is 0.271 e. The highest BCUT2D eigenvalue weighted by molar-refractivity contribution is 7.07. The predicted octanol–water partition coefficient (Wildman–Crippen LogP) is 4.16. The van der Waals surface area contributed by atoms with Crippen molar-refractivity contribution < 1.29 is 23.8 Å². The lowest BCUT2D eigenvalue weighted by atomic mass is 9.95. The molecule has 3 heterocycles.